The second-order valence-electron chi connectivity index (χ2n) is 6.49. The first kappa shape index (κ1) is 18.2. The molecule has 0 spiro atoms. The summed E-state index contributed by atoms with van der Waals surface area (Å²) in [6.45, 7) is 0.524. The van der Waals surface area contributed by atoms with Gasteiger partial charge in [0.05, 0.1) is 12.7 Å². The average Bonchev–Trinajstić information content (AvgIpc) is 2.62. The zero-order chi connectivity index (χ0) is 16.9. The van der Waals surface area contributed by atoms with Crippen LogP contribution in [0.5, 0.6) is 0 Å². The van der Waals surface area contributed by atoms with E-state index >= 15 is 0 Å². The van der Waals surface area contributed by atoms with E-state index in [-0.39, 0.29) is 23.7 Å². The van der Waals surface area contributed by atoms with Crippen LogP contribution < -0.4 is 0 Å². The minimum Gasteiger partial charge on any atom is -0.382 e. The summed E-state index contributed by atoms with van der Waals surface area (Å²) in [5.41, 5.74) is 3.07. The number of hydrogen-bond donors (Lipinski definition) is 0. The fourth-order valence-corrected chi connectivity index (χ4v) is 5.40. The maximum Gasteiger partial charge on any atom is 0.112 e. The second kappa shape index (κ2) is 8.68. The fraction of sp³-hybridized carbons (Fsp3) is 0.684. The highest BCUT2D eigenvalue weighted by Crippen LogP contribution is 2.44. The summed E-state index contributed by atoms with van der Waals surface area (Å²) < 4.78 is 22.9. The molecule has 1 aromatic rings. The monoisotopic (exact) mass is 352 g/mol. The first-order chi connectivity index (χ1) is 11.8. The predicted octanol–water partition coefficient (Wildman–Crippen LogP) is 3.59. The molecule has 0 bridgehead atoms. The smallest absolute Gasteiger partial charge is 0.112 e. The molecule has 2 aliphatic rings. The van der Waals surface area contributed by atoms with Gasteiger partial charge < -0.3 is 18.9 Å². The predicted molar refractivity (Wildman–Crippen MR) is 96.5 cm³/mol. The van der Waals surface area contributed by atoms with Crippen molar-refractivity contribution in [1.29, 1.82) is 0 Å². The number of fused-ring (bicyclic) bond motifs is 1. The van der Waals surface area contributed by atoms with E-state index in [4.69, 9.17) is 18.9 Å². The van der Waals surface area contributed by atoms with Gasteiger partial charge in [-0.1, -0.05) is 24.3 Å². The van der Waals surface area contributed by atoms with Gasteiger partial charge in [0.15, 0.2) is 0 Å². The molecule has 5 heteroatoms. The van der Waals surface area contributed by atoms with Gasteiger partial charge in [-0.25, -0.2) is 0 Å². The lowest BCUT2D eigenvalue weighted by Gasteiger charge is -2.41. The van der Waals surface area contributed by atoms with Gasteiger partial charge in [-0.05, 0) is 30.4 Å². The molecule has 1 heterocycles. The van der Waals surface area contributed by atoms with Gasteiger partial charge in [0.1, 0.15) is 17.6 Å². The molecule has 0 N–H and O–H groups in total. The van der Waals surface area contributed by atoms with E-state index in [0.29, 0.717) is 11.9 Å². The van der Waals surface area contributed by atoms with E-state index < -0.39 is 0 Å². The molecule has 4 nitrogen and oxygen atoms in total. The summed E-state index contributed by atoms with van der Waals surface area (Å²) in [4.78, 5) is 0. The Morgan fingerprint density at radius 2 is 2.00 bits per heavy atom. The van der Waals surface area contributed by atoms with Gasteiger partial charge >= 0.3 is 0 Å². The van der Waals surface area contributed by atoms with Crippen LogP contribution in [0.4, 0.5) is 0 Å². The molecule has 1 fully saturated rings. The molecule has 1 aromatic carbocycles. The minimum absolute atomic E-state index is 0.0419. The van der Waals surface area contributed by atoms with Crippen LogP contribution in [0.25, 0.3) is 0 Å². The topological polar surface area (TPSA) is 36.9 Å². The van der Waals surface area contributed by atoms with Crippen molar-refractivity contribution in [1.82, 2.24) is 0 Å². The zero-order valence-corrected chi connectivity index (χ0v) is 15.6. The Hall–Kier alpha value is -0.590. The fourth-order valence-electron chi connectivity index (χ4n) is 3.85. The van der Waals surface area contributed by atoms with Crippen molar-refractivity contribution in [3.05, 3.63) is 35.4 Å². The third kappa shape index (κ3) is 3.97. The van der Waals surface area contributed by atoms with Gasteiger partial charge in [0.25, 0.3) is 0 Å². The summed E-state index contributed by atoms with van der Waals surface area (Å²) in [5, 5.41) is 0.500. The van der Waals surface area contributed by atoms with Gasteiger partial charge in [-0.15, -0.1) is 11.8 Å². The number of methoxy groups -OCH3 is 3. The third-order valence-corrected chi connectivity index (χ3v) is 6.45. The van der Waals surface area contributed by atoms with E-state index in [2.05, 4.69) is 24.3 Å². The Labute approximate surface area is 149 Å². The lowest BCUT2D eigenvalue weighted by Crippen LogP contribution is -2.51. The van der Waals surface area contributed by atoms with E-state index in [1.807, 2.05) is 11.8 Å². The standard InChI is InChI=1S/C19H28O4S/c1-20-12-16-19(22-3)15(21-2)11-18(23-16)24-17-10-6-8-13-7-4-5-9-14(13)17/h4-5,7,9,15-19H,6,8,10-12H2,1-3H3/t15-,16-,17?,18?,19+/m1/s1. The van der Waals surface area contributed by atoms with Crippen LogP contribution in [-0.2, 0) is 25.4 Å². The van der Waals surface area contributed by atoms with Gasteiger partial charge in [0.2, 0.25) is 0 Å². The number of thioether (sulfide) groups is 1. The molecule has 1 aliphatic heterocycles. The van der Waals surface area contributed by atoms with Crippen LogP contribution in [-0.4, -0.2) is 51.7 Å². The minimum atomic E-state index is -0.0879. The van der Waals surface area contributed by atoms with E-state index in [9.17, 15) is 0 Å². The van der Waals surface area contributed by atoms with Crippen molar-refractivity contribution in [2.24, 2.45) is 0 Å². The van der Waals surface area contributed by atoms with Gasteiger partial charge in [-0.2, -0.15) is 0 Å². The molecule has 3 rings (SSSR count). The average molecular weight is 352 g/mol. The third-order valence-electron chi connectivity index (χ3n) is 5.02. The molecule has 5 atom stereocenters. The first-order valence-electron chi connectivity index (χ1n) is 8.70. The highest BCUT2D eigenvalue weighted by atomic mass is 32.2. The lowest BCUT2D eigenvalue weighted by molar-refractivity contribution is -0.179. The van der Waals surface area contributed by atoms with Gasteiger partial charge in [-0.3, -0.25) is 0 Å². The number of ether oxygens (including phenoxy) is 4. The zero-order valence-electron chi connectivity index (χ0n) is 14.8. The molecule has 0 aromatic heterocycles. The molecule has 0 amide bonds. The Bertz CT molecular complexity index is 524. The lowest BCUT2D eigenvalue weighted by atomic mass is 9.91. The molecule has 1 saturated heterocycles. The molecular formula is C19H28O4S. The largest absolute Gasteiger partial charge is 0.382 e. The Kier molecular flexibility index (Phi) is 6.58. The summed E-state index contributed by atoms with van der Waals surface area (Å²) >= 11 is 1.93. The second-order valence-corrected chi connectivity index (χ2v) is 7.85. The highest BCUT2D eigenvalue weighted by molar-refractivity contribution is 8.00. The van der Waals surface area contributed by atoms with Crippen molar-refractivity contribution in [3.63, 3.8) is 0 Å². The Morgan fingerprint density at radius 3 is 2.75 bits per heavy atom. The quantitative estimate of drug-likeness (QED) is 0.782. The van der Waals surface area contributed by atoms with Crippen molar-refractivity contribution in [2.75, 3.05) is 27.9 Å². The van der Waals surface area contributed by atoms with Crippen LogP contribution >= 0.6 is 11.8 Å². The van der Waals surface area contributed by atoms with Crippen LogP contribution in [0.3, 0.4) is 0 Å². The van der Waals surface area contributed by atoms with Crippen molar-refractivity contribution in [2.45, 2.75) is 54.7 Å². The maximum atomic E-state index is 6.31. The number of rotatable bonds is 6. The maximum absolute atomic E-state index is 6.31. The SMILES string of the molecule is COC[C@H]1OC(SC2CCCc3ccccc32)C[C@@H](OC)[C@@H]1OC. The van der Waals surface area contributed by atoms with E-state index in [0.717, 1.165) is 6.42 Å². The molecule has 1 aliphatic carbocycles. The summed E-state index contributed by atoms with van der Waals surface area (Å²) in [6, 6.07) is 8.82. The normalized spacial score (nSPS) is 33.2. The molecule has 0 saturated carbocycles. The van der Waals surface area contributed by atoms with Crippen LogP contribution in [0.15, 0.2) is 24.3 Å². The van der Waals surface area contributed by atoms with Crippen molar-refractivity contribution >= 4 is 11.8 Å². The molecule has 24 heavy (non-hydrogen) atoms. The van der Waals surface area contributed by atoms with Crippen molar-refractivity contribution < 1.29 is 18.9 Å². The van der Waals surface area contributed by atoms with Crippen LogP contribution in [0, 0.1) is 0 Å². The summed E-state index contributed by atoms with van der Waals surface area (Å²) in [5.74, 6) is 0. The van der Waals surface area contributed by atoms with Crippen molar-refractivity contribution in [3.8, 4) is 0 Å². The molecule has 2 unspecified atom stereocenters. The van der Waals surface area contributed by atoms with Crippen LogP contribution in [0.1, 0.15) is 35.6 Å². The Morgan fingerprint density at radius 1 is 1.17 bits per heavy atom. The number of aryl methyl sites for hydroxylation is 1. The summed E-state index contributed by atoms with van der Waals surface area (Å²) in [7, 11) is 5.17. The van der Waals surface area contributed by atoms with Gasteiger partial charge in [0, 0.05) is 33.0 Å². The van der Waals surface area contributed by atoms with Crippen LogP contribution in [0.2, 0.25) is 0 Å². The van der Waals surface area contributed by atoms with E-state index in [1.165, 1.54) is 30.4 Å². The van der Waals surface area contributed by atoms with E-state index in [1.54, 1.807) is 21.3 Å². The number of hydrogen-bond acceptors (Lipinski definition) is 5. The number of benzene rings is 1. The first-order valence-corrected chi connectivity index (χ1v) is 9.64. The summed E-state index contributed by atoms with van der Waals surface area (Å²) in [6.07, 6.45) is 4.37. The molecule has 0 radical (unpaired) electrons. The highest BCUT2D eigenvalue weighted by Gasteiger charge is 2.40. The molecular weight excluding hydrogens is 324 g/mol. The Balaban J connectivity index is 1.71. The molecule has 134 valence electrons.